The molecule has 0 saturated heterocycles. The van der Waals surface area contributed by atoms with Crippen LogP contribution in [0, 0.1) is 5.92 Å². The molecule has 0 aromatic heterocycles. The lowest BCUT2D eigenvalue weighted by Crippen LogP contribution is -2.41. The molecule has 0 aromatic rings. The number of ether oxygens (including phenoxy) is 1. The Bertz CT molecular complexity index is 460. The first kappa shape index (κ1) is 16.1. The minimum absolute atomic E-state index is 0.222. The van der Waals surface area contributed by atoms with E-state index < -0.39 is 5.60 Å². The van der Waals surface area contributed by atoms with Crippen molar-refractivity contribution < 1.29 is 9.53 Å². The van der Waals surface area contributed by atoms with Crippen LogP contribution in [0.15, 0.2) is 23.4 Å². The number of rotatable bonds is 1. The van der Waals surface area contributed by atoms with Gasteiger partial charge in [-0.3, -0.25) is 4.90 Å². The highest BCUT2D eigenvalue weighted by atomic mass is 16.6. The number of carbonyl (C=O) groups excluding carboxylic acids is 1. The van der Waals surface area contributed by atoms with Gasteiger partial charge in [-0.2, -0.15) is 0 Å². The molecule has 0 fully saturated rings. The van der Waals surface area contributed by atoms with Crippen molar-refractivity contribution in [3.8, 4) is 0 Å². The van der Waals surface area contributed by atoms with Gasteiger partial charge in [0, 0.05) is 25.3 Å². The van der Waals surface area contributed by atoms with E-state index in [0.717, 1.165) is 38.2 Å². The molecule has 2 rings (SSSR count). The Morgan fingerprint density at radius 3 is 2.62 bits per heavy atom. The predicted octanol–water partition coefficient (Wildman–Crippen LogP) is 3.41. The zero-order chi connectivity index (χ0) is 15.6. The molecule has 1 unspecified atom stereocenters. The number of likely N-dealkylation sites (N-methyl/N-ethyl adjacent to an activating group) is 1. The first-order valence-corrected chi connectivity index (χ1v) is 7.85. The Labute approximate surface area is 128 Å². The van der Waals surface area contributed by atoms with Crippen LogP contribution >= 0.6 is 0 Å². The van der Waals surface area contributed by atoms with Gasteiger partial charge in [0.2, 0.25) is 0 Å². The van der Waals surface area contributed by atoms with Crippen molar-refractivity contribution in [3.05, 3.63) is 23.4 Å². The molecule has 0 aromatic carbocycles. The Hall–Kier alpha value is -1.29. The molecule has 0 bridgehead atoms. The van der Waals surface area contributed by atoms with Crippen molar-refractivity contribution in [2.24, 2.45) is 5.92 Å². The third-order valence-electron chi connectivity index (χ3n) is 3.85. The molecule has 21 heavy (non-hydrogen) atoms. The summed E-state index contributed by atoms with van der Waals surface area (Å²) in [6.07, 6.45) is 6.25. The van der Waals surface area contributed by atoms with Crippen LogP contribution in [0.5, 0.6) is 0 Å². The molecule has 0 aliphatic carbocycles. The first-order chi connectivity index (χ1) is 9.76. The van der Waals surface area contributed by atoms with E-state index in [2.05, 4.69) is 31.0 Å². The maximum Gasteiger partial charge on any atom is 0.414 e. The second kappa shape index (κ2) is 6.22. The lowest BCUT2D eigenvalue weighted by molar-refractivity contribution is 0.0283. The molecule has 1 amide bonds. The minimum atomic E-state index is -0.454. The number of amides is 1. The minimum Gasteiger partial charge on any atom is -0.443 e. The molecule has 0 saturated carbocycles. The largest absolute Gasteiger partial charge is 0.443 e. The van der Waals surface area contributed by atoms with Crippen molar-refractivity contribution in [3.63, 3.8) is 0 Å². The van der Waals surface area contributed by atoms with Crippen molar-refractivity contribution in [1.29, 1.82) is 0 Å². The molecule has 1 atom stereocenters. The zero-order valence-corrected chi connectivity index (χ0v) is 14.0. The van der Waals surface area contributed by atoms with E-state index >= 15 is 0 Å². The van der Waals surface area contributed by atoms with Crippen LogP contribution in [0.25, 0.3) is 0 Å². The average Bonchev–Trinajstić information content (AvgIpc) is 2.38. The van der Waals surface area contributed by atoms with E-state index in [1.54, 1.807) is 0 Å². The van der Waals surface area contributed by atoms with Gasteiger partial charge < -0.3 is 9.64 Å². The van der Waals surface area contributed by atoms with Gasteiger partial charge in [0.25, 0.3) is 0 Å². The number of nitrogens with zero attached hydrogens (tertiary/aromatic N) is 2. The second-order valence-electron chi connectivity index (χ2n) is 7.26. The third kappa shape index (κ3) is 4.34. The number of carbonyl (C=O) groups is 1. The summed E-state index contributed by atoms with van der Waals surface area (Å²) in [5, 5.41) is 0. The van der Waals surface area contributed by atoms with Gasteiger partial charge in [0.15, 0.2) is 0 Å². The van der Waals surface area contributed by atoms with E-state index in [1.165, 1.54) is 5.57 Å². The third-order valence-corrected chi connectivity index (χ3v) is 3.85. The molecular formula is C17H28N2O2. The normalized spacial score (nSPS) is 24.4. The monoisotopic (exact) mass is 292 g/mol. The van der Waals surface area contributed by atoms with Crippen molar-refractivity contribution >= 4 is 6.09 Å². The molecular weight excluding hydrogens is 264 g/mol. The molecule has 0 N–H and O–H groups in total. The second-order valence-corrected chi connectivity index (χ2v) is 7.26. The summed E-state index contributed by atoms with van der Waals surface area (Å²) in [4.78, 5) is 16.6. The summed E-state index contributed by atoms with van der Waals surface area (Å²) in [7, 11) is 2.12. The van der Waals surface area contributed by atoms with Gasteiger partial charge >= 0.3 is 6.09 Å². The summed E-state index contributed by atoms with van der Waals surface area (Å²) in [6.45, 7) is 10.6. The quantitative estimate of drug-likeness (QED) is 0.742. The fourth-order valence-electron chi connectivity index (χ4n) is 2.71. The molecule has 118 valence electrons. The number of allylic oxidation sites excluding steroid dienone is 2. The van der Waals surface area contributed by atoms with Crippen molar-refractivity contribution in [2.75, 3.05) is 26.7 Å². The topological polar surface area (TPSA) is 32.8 Å². The van der Waals surface area contributed by atoms with E-state index in [4.69, 9.17) is 4.74 Å². The van der Waals surface area contributed by atoms with Gasteiger partial charge in [-0.25, -0.2) is 4.79 Å². The first-order valence-electron chi connectivity index (χ1n) is 7.85. The Morgan fingerprint density at radius 1 is 1.33 bits per heavy atom. The van der Waals surface area contributed by atoms with Crippen molar-refractivity contribution in [2.45, 2.75) is 46.1 Å². The van der Waals surface area contributed by atoms with E-state index in [-0.39, 0.29) is 6.09 Å². The maximum absolute atomic E-state index is 12.5. The highest BCUT2D eigenvalue weighted by Gasteiger charge is 2.30. The number of hydrogen-bond donors (Lipinski definition) is 0. The molecule has 2 heterocycles. The highest BCUT2D eigenvalue weighted by molar-refractivity contribution is 5.72. The van der Waals surface area contributed by atoms with Crippen LogP contribution in [-0.4, -0.2) is 48.2 Å². The Balaban J connectivity index is 2.18. The van der Waals surface area contributed by atoms with E-state index in [0.29, 0.717) is 5.92 Å². The predicted molar refractivity (Wildman–Crippen MR) is 85.0 cm³/mol. The van der Waals surface area contributed by atoms with Gasteiger partial charge in [0.05, 0.1) is 0 Å². The maximum atomic E-state index is 12.5. The SMILES string of the molecule is CC1CC=C(C2=CCN(C)CC2)N(C(=O)OC(C)(C)C)C1. The average molecular weight is 292 g/mol. The standard InChI is InChI=1S/C17H28N2O2/c1-13-6-7-15(14-8-10-18(5)11-9-14)19(12-13)16(20)21-17(2,3)4/h7-8,13H,6,9-12H2,1-5H3. The highest BCUT2D eigenvalue weighted by Crippen LogP contribution is 2.29. The van der Waals surface area contributed by atoms with Crippen molar-refractivity contribution in [1.82, 2.24) is 9.80 Å². The van der Waals surface area contributed by atoms with Crippen LogP contribution in [0.3, 0.4) is 0 Å². The van der Waals surface area contributed by atoms with Crippen LogP contribution in [-0.2, 0) is 4.74 Å². The van der Waals surface area contributed by atoms with Gasteiger partial charge in [0.1, 0.15) is 5.60 Å². The Kier molecular flexibility index (Phi) is 4.77. The van der Waals surface area contributed by atoms with Crippen LogP contribution in [0.2, 0.25) is 0 Å². The summed E-state index contributed by atoms with van der Waals surface area (Å²) in [5.41, 5.74) is 1.89. The zero-order valence-electron chi connectivity index (χ0n) is 14.0. The fourth-order valence-corrected chi connectivity index (χ4v) is 2.71. The smallest absolute Gasteiger partial charge is 0.414 e. The summed E-state index contributed by atoms with van der Waals surface area (Å²) < 4.78 is 5.58. The Morgan fingerprint density at radius 2 is 2.05 bits per heavy atom. The van der Waals surface area contributed by atoms with Gasteiger partial charge in [-0.15, -0.1) is 0 Å². The summed E-state index contributed by atoms with van der Waals surface area (Å²) >= 11 is 0. The molecule has 4 nitrogen and oxygen atoms in total. The lowest BCUT2D eigenvalue weighted by atomic mass is 9.95. The van der Waals surface area contributed by atoms with Gasteiger partial charge in [-0.1, -0.05) is 19.1 Å². The van der Waals surface area contributed by atoms with Gasteiger partial charge in [-0.05, 0) is 52.2 Å². The molecule has 0 radical (unpaired) electrons. The summed E-state index contributed by atoms with van der Waals surface area (Å²) in [5.74, 6) is 0.480. The van der Waals surface area contributed by atoms with Crippen LogP contribution in [0.4, 0.5) is 4.79 Å². The molecule has 2 aliphatic heterocycles. The fraction of sp³-hybridized carbons (Fsp3) is 0.706. The van der Waals surface area contributed by atoms with E-state index in [1.807, 2.05) is 25.7 Å². The number of hydrogen-bond acceptors (Lipinski definition) is 3. The van der Waals surface area contributed by atoms with Crippen LogP contribution < -0.4 is 0 Å². The van der Waals surface area contributed by atoms with Crippen LogP contribution in [0.1, 0.15) is 40.5 Å². The molecule has 0 spiro atoms. The summed E-state index contributed by atoms with van der Waals surface area (Å²) in [6, 6.07) is 0. The van der Waals surface area contributed by atoms with E-state index in [9.17, 15) is 4.79 Å². The lowest BCUT2D eigenvalue weighted by Gasteiger charge is -2.36. The molecule has 2 aliphatic rings. The molecule has 4 heteroatoms.